The third-order valence-corrected chi connectivity index (χ3v) is 5.31. The van der Waals surface area contributed by atoms with Gasteiger partial charge in [0.2, 0.25) is 0 Å². The molecule has 4 rings (SSSR count). The van der Waals surface area contributed by atoms with Crippen LogP contribution >= 0.6 is 0 Å². The van der Waals surface area contributed by atoms with Crippen molar-refractivity contribution in [1.29, 1.82) is 0 Å². The Kier molecular flexibility index (Phi) is 5.77. The van der Waals surface area contributed by atoms with Gasteiger partial charge in [-0.1, -0.05) is 32.0 Å². The third kappa shape index (κ3) is 4.12. The van der Waals surface area contributed by atoms with E-state index in [0.717, 1.165) is 11.1 Å². The van der Waals surface area contributed by atoms with Crippen LogP contribution in [0.2, 0.25) is 0 Å². The Hall–Kier alpha value is -3.94. The van der Waals surface area contributed by atoms with Crippen LogP contribution in [0.1, 0.15) is 30.9 Å². The number of aromatic hydroxyl groups is 2. The average Bonchev–Trinajstić information content (AvgIpc) is 3.23. The molecule has 7 nitrogen and oxygen atoms in total. The molecule has 0 bridgehead atoms. The summed E-state index contributed by atoms with van der Waals surface area (Å²) in [5.41, 5.74) is 3.39. The maximum Gasteiger partial charge on any atom is 0.186 e. The summed E-state index contributed by atoms with van der Waals surface area (Å²) in [5.74, 6) is 0.591. The molecule has 4 aromatic rings. The van der Waals surface area contributed by atoms with Crippen LogP contribution in [0.3, 0.4) is 0 Å². The number of ether oxygens (including phenoxy) is 1. The molecule has 32 heavy (non-hydrogen) atoms. The lowest BCUT2D eigenvalue weighted by Gasteiger charge is -2.16. The standard InChI is InChI=1S/C24H23FN4O3/c1-14(2)16-6-9-23(32-3)19(10-16)18-11-20(22(31)12-21(18)30)24-26-27-28-29(24)13-15-4-7-17(25)8-5-15/h4-12,14,30-31H,13H2,1-3H3. The SMILES string of the molecule is COc1ccc(C(C)C)cc1-c1cc(-c2nnnn2Cc2ccc(F)cc2)c(O)cc1O. The molecule has 0 aliphatic rings. The maximum atomic E-state index is 13.2. The van der Waals surface area contributed by atoms with E-state index in [2.05, 4.69) is 29.4 Å². The van der Waals surface area contributed by atoms with Gasteiger partial charge in [0.1, 0.15) is 23.1 Å². The first-order valence-corrected chi connectivity index (χ1v) is 10.1. The van der Waals surface area contributed by atoms with Crippen LogP contribution < -0.4 is 4.74 Å². The van der Waals surface area contributed by atoms with E-state index in [1.807, 2.05) is 18.2 Å². The second-order valence-corrected chi connectivity index (χ2v) is 7.79. The number of rotatable bonds is 6. The van der Waals surface area contributed by atoms with E-state index in [1.54, 1.807) is 25.3 Å². The first kappa shape index (κ1) is 21.3. The summed E-state index contributed by atoms with van der Waals surface area (Å²) in [7, 11) is 1.56. The van der Waals surface area contributed by atoms with E-state index in [-0.39, 0.29) is 29.8 Å². The van der Waals surface area contributed by atoms with Crippen LogP contribution in [0.25, 0.3) is 22.5 Å². The number of hydrogen-bond donors (Lipinski definition) is 2. The number of nitrogens with zero attached hydrogens (tertiary/aromatic N) is 4. The fraction of sp³-hybridized carbons (Fsp3) is 0.208. The molecule has 3 aromatic carbocycles. The number of phenols is 2. The molecule has 0 atom stereocenters. The van der Waals surface area contributed by atoms with E-state index in [9.17, 15) is 14.6 Å². The lowest BCUT2D eigenvalue weighted by Crippen LogP contribution is -2.05. The van der Waals surface area contributed by atoms with Gasteiger partial charge >= 0.3 is 0 Å². The van der Waals surface area contributed by atoms with Crippen molar-refractivity contribution in [2.45, 2.75) is 26.3 Å². The Morgan fingerprint density at radius 1 is 0.938 bits per heavy atom. The molecule has 0 amide bonds. The van der Waals surface area contributed by atoms with E-state index in [4.69, 9.17) is 4.74 Å². The zero-order chi connectivity index (χ0) is 22.8. The minimum absolute atomic E-state index is 0.0944. The molecule has 1 heterocycles. The molecule has 1 aromatic heterocycles. The lowest BCUT2D eigenvalue weighted by molar-refractivity contribution is 0.415. The molecule has 0 aliphatic heterocycles. The van der Waals surface area contributed by atoms with Crippen LogP contribution in [0.5, 0.6) is 17.2 Å². The van der Waals surface area contributed by atoms with Gasteiger partial charge in [0, 0.05) is 17.2 Å². The molecule has 0 aliphatic carbocycles. The summed E-state index contributed by atoms with van der Waals surface area (Å²) in [4.78, 5) is 0. The van der Waals surface area contributed by atoms with E-state index >= 15 is 0 Å². The maximum absolute atomic E-state index is 13.2. The second kappa shape index (κ2) is 8.66. The Morgan fingerprint density at radius 2 is 1.66 bits per heavy atom. The zero-order valence-corrected chi connectivity index (χ0v) is 18.0. The summed E-state index contributed by atoms with van der Waals surface area (Å²) >= 11 is 0. The van der Waals surface area contributed by atoms with Crippen molar-refractivity contribution in [3.05, 3.63) is 71.5 Å². The van der Waals surface area contributed by atoms with E-state index in [1.165, 1.54) is 22.9 Å². The number of phenolic OH excluding ortho intramolecular Hbond substituents is 2. The summed E-state index contributed by atoms with van der Waals surface area (Å²) in [6, 6.07) is 14.7. The van der Waals surface area contributed by atoms with Crippen molar-refractivity contribution in [2.24, 2.45) is 0 Å². The number of aromatic nitrogens is 4. The molecule has 164 valence electrons. The fourth-order valence-corrected chi connectivity index (χ4v) is 3.53. The summed E-state index contributed by atoms with van der Waals surface area (Å²) in [5, 5.41) is 33.0. The van der Waals surface area contributed by atoms with Gasteiger partial charge in [-0.05, 0) is 57.8 Å². The predicted octanol–water partition coefficient (Wildman–Crippen LogP) is 4.74. The largest absolute Gasteiger partial charge is 0.507 e. The molecule has 0 saturated carbocycles. The smallest absolute Gasteiger partial charge is 0.186 e. The van der Waals surface area contributed by atoms with Gasteiger partial charge < -0.3 is 14.9 Å². The first-order chi connectivity index (χ1) is 15.4. The van der Waals surface area contributed by atoms with Gasteiger partial charge in [-0.3, -0.25) is 0 Å². The molecule has 8 heteroatoms. The molecule has 0 unspecified atom stereocenters. The summed E-state index contributed by atoms with van der Waals surface area (Å²) in [6.07, 6.45) is 0. The number of benzene rings is 3. The Balaban J connectivity index is 1.81. The number of hydrogen-bond acceptors (Lipinski definition) is 6. The van der Waals surface area contributed by atoms with Crippen molar-refractivity contribution in [1.82, 2.24) is 20.2 Å². The summed E-state index contributed by atoms with van der Waals surface area (Å²) < 4.78 is 20.2. The molecule has 0 spiro atoms. The lowest BCUT2D eigenvalue weighted by atomic mass is 9.94. The van der Waals surface area contributed by atoms with Gasteiger partial charge in [0.15, 0.2) is 5.82 Å². The highest BCUT2D eigenvalue weighted by molar-refractivity contribution is 5.82. The van der Waals surface area contributed by atoms with Crippen molar-refractivity contribution in [2.75, 3.05) is 7.11 Å². The summed E-state index contributed by atoms with van der Waals surface area (Å²) in [6.45, 7) is 4.44. The van der Waals surface area contributed by atoms with E-state index < -0.39 is 0 Å². The van der Waals surface area contributed by atoms with Crippen LogP contribution in [-0.4, -0.2) is 37.5 Å². The zero-order valence-electron chi connectivity index (χ0n) is 18.0. The third-order valence-electron chi connectivity index (χ3n) is 5.31. The van der Waals surface area contributed by atoms with Crippen molar-refractivity contribution < 1.29 is 19.3 Å². The topological polar surface area (TPSA) is 93.3 Å². The highest BCUT2D eigenvalue weighted by Crippen LogP contribution is 2.43. The van der Waals surface area contributed by atoms with Gasteiger partial charge in [0.05, 0.1) is 19.2 Å². The molecule has 2 N–H and O–H groups in total. The van der Waals surface area contributed by atoms with Crippen molar-refractivity contribution >= 4 is 0 Å². The highest BCUT2D eigenvalue weighted by Gasteiger charge is 2.20. The Morgan fingerprint density at radius 3 is 2.34 bits per heavy atom. The van der Waals surface area contributed by atoms with Gasteiger partial charge in [-0.15, -0.1) is 5.10 Å². The minimum Gasteiger partial charge on any atom is -0.507 e. The van der Waals surface area contributed by atoms with Crippen molar-refractivity contribution in [3.63, 3.8) is 0 Å². The van der Waals surface area contributed by atoms with Gasteiger partial charge in [0.25, 0.3) is 0 Å². The Bertz CT molecular complexity index is 1250. The van der Waals surface area contributed by atoms with Crippen LogP contribution in [0, 0.1) is 5.82 Å². The molecular formula is C24H23FN4O3. The second-order valence-electron chi connectivity index (χ2n) is 7.79. The van der Waals surface area contributed by atoms with Gasteiger partial charge in [-0.25, -0.2) is 9.07 Å². The van der Waals surface area contributed by atoms with Crippen LogP contribution in [-0.2, 0) is 6.54 Å². The van der Waals surface area contributed by atoms with Gasteiger partial charge in [-0.2, -0.15) is 0 Å². The number of methoxy groups -OCH3 is 1. The molecule has 0 radical (unpaired) electrons. The minimum atomic E-state index is -0.330. The number of tetrazole rings is 1. The predicted molar refractivity (Wildman–Crippen MR) is 118 cm³/mol. The van der Waals surface area contributed by atoms with Crippen LogP contribution in [0.15, 0.2) is 54.6 Å². The van der Waals surface area contributed by atoms with Crippen molar-refractivity contribution in [3.8, 4) is 39.8 Å². The highest BCUT2D eigenvalue weighted by atomic mass is 19.1. The Labute approximate surface area is 184 Å². The quantitative estimate of drug-likeness (QED) is 0.455. The normalized spacial score (nSPS) is 11.2. The van der Waals surface area contributed by atoms with Crippen LogP contribution in [0.4, 0.5) is 4.39 Å². The molecule has 0 saturated heterocycles. The average molecular weight is 434 g/mol. The van der Waals surface area contributed by atoms with E-state index in [0.29, 0.717) is 28.3 Å². The first-order valence-electron chi connectivity index (χ1n) is 10.1. The molecule has 0 fully saturated rings. The fourth-order valence-electron chi connectivity index (χ4n) is 3.53. The monoisotopic (exact) mass is 434 g/mol. The number of halogens is 1. The molecular weight excluding hydrogens is 411 g/mol.